The third kappa shape index (κ3) is 3.62. The van der Waals surface area contributed by atoms with Crippen molar-refractivity contribution in [1.29, 1.82) is 0 Å². The molecule has 9 heteroatoms. The largest absolute Gasteiger partial charge is 0.337 e. The number of hydrogen-bond acceptors (Lipinski definition) is 5. The van der Waals surface area contributed by atoms with Crippen LogP contribution in [0.3, 0.4) is 0 Å². The zero-order valence-electron chi connectivity index (χ0n) is 13.1. The highest BCUT2D eigenvalue weighted by molar-refractivity contribution is 7.89. The highest BCUT2D eigenvalue weighted by Crippen LogP contribution is 2.20. The van der Waals surface area contributed by atoms with E-state index >= 15 is 0 Å². The Morgan fingerprint density at radius 3 is 2.83 bits per heavy atom. The lowest BCUT2D eigenvalue weighted by Crippen LogP contribution is -2.47. The van der Waals surface area contributed by atoms with Crippen LogP contribution in [0, 0.1) is 0 Å². The summed E-state index contributed by atoms with van der Waals surface area (Å²) in [6.07, 6.45) is 4.13. The van der Waals surface area contributed by atoms with Gasteiger partial charge in [0.15, 0.2) is 0 Å². The van der Waals surface area contributed by atoms with Crippen LogP contribution in [-0.4, -0.2) is 52.3 Å². The van der Waals surface area contributed by atoms with E-state index in [2.05, 4.69) is 10.1 Å². The Morgan fingerprint density at radius 1 is 1.33 bits per heavy atom. The third-order valence-electron chi connectivity index (χ3n) is 4.18. The Kier molecular flexibility index (Phi) is 4.63. The van der Waals surface area contributed by atoms with Gasteiger partial charge in [0.05, 0.1) is 11.8 Å². The van der Waals surface area contributed by atoms with Crippen LogP contribution in [0.4, 0.5) is 0 Å². The van der Waals surface area contributed by atoms with Gasteiger partial charge < -0.3 is 4.90 Å². The molecule has 1 saturated heterocycles. The Morgan fingerprint density at radius 2 is 2.12 bits per heavy atom. The summed E-state index contributed by atoms with van der Waals surface area (Å²) in [5.41, 5.74) is 1.36. The van der Waals surface area contributed by atoms with Gasteiger partial charge >= 0.3 is 0 Å². The summed E-state index contributed by atoms with van der Waals surface area (Å²) in [6.45, 7) is 1.09. The standard InChI is InChI=1S/C15H19N5O3S/c16-24(22,23)13-5-3-7-19(9-13)15(21)14-6-2-1-4-12(14)8-20-11-17-10-18-20/h1-2,4,6,10-11,13H,3,5,7-9H2,(H2,16,22,23). The molecule has 0 spiro atoms. The SMILES string of the molecule is NS(=O)(=O)C1CCCN(C(=O)c2ccccc2Cn2cncn2)C1. The molecule has 2 aromatic rings. The minimum Gasteiger partial charge on any atom is -0.337 e. The Hall–Kier alpha value is -2.26. The molecule has 2 heterocycles. The van der Waals surface area contributed by atoms with E-state index in [9.17, 15) is 13.2 Å². The van der Waals surface area contributed by atoms with Crippen molar-refractivity contribution >= 4 is 15.9 Å². The first-order valence-electron chi connectivity index (χ1n) is 7.66. The predicted octanol–water partition coefficient (Wildman–Crippen LogP) is 0.219. The maximum Gasteiger partial charge on any atom is 0.254 e. The van der Waals surface area contributed by atoms with Gasteiger partial charge in [-0.2, -0.15) is 5.10 Å². The van der Waals surface area contributed by atoms with E-state index < -0.39 is 15.3 Å². The van der Waals surface area contributed by atoms with Crippen molar-refractivity contribution in [2.75, 3.05) is 13.1 Å². The fourth-order valence-electron chi connectivity index (χ4n) is 2.92. The van der Waals surface area contributed by atoms with Crippen molar-refractivity contribution in [1.82, 2.24) is 19.7 Å². The molecule has 1 atom stereocenters. The van der Waals surface area contributed by atoms with Gasteiger partial charge in [0.25, 0.3) is 5.91 Å². The minimum absolute atomic E-state index is 0.134. The number of sulfonamides is 1. The van der Waals surface area contributed by atoms with Crippen LogP contribution in [0.1, 0.15) is 28.8 Å². The van der Waals surface area contributed by atoms with Crippen molar-refractivity contribution < 1.29 is 13.2 Å². The quantitative estimate of drug-likeness (QED) is 0.849. The van der Waals surface area contributed by atoms with Crippen molar-refractivity contribution in [2.24, 2.45) is 5.14 Å². The van der Waals surface area contributed by atoms with E-state index in [1.165, 1.54) is 6.33 Å². The van der Waals surface area contributed by atoms with Crippen LogP contribution >= 0.6 is 0 Å². The van der Waals surface area contributed by atoms with Crippen molar-refractivity contribution in [3.63, 3.8) is 0 Å². The molecule has 1 amide bonds. The maximum atomic E-state index is 12.9. The molecule has 0 aliphatic carbocycles. The number of rotatable bonds is 4. The van der Waals surface area contributed by atoms with E-state index in [4.69, 9.17) is 5.14 Å². The number of nitrogens with zero attached hydrogens (tertiary/aromatic N) is 4. The lowest BCUT2D eigenvalue weighted by Gasteiger charge is -2.32. The van der Waals surface area contributed by atoms with Gasteiger partial charge in [0, 0.05) is 18.7 Å². The van der Waals surface area contributed by atoms with Gasteiger partial charge in [-0.3, -0.25) is 4.79 Å². The number of primary sulfonamides is 1. The third-order valence-corrected chi connectivity index (χ3v) is 5.49. The van der Waals surface area contributed by atoms with Gasteiger partial charge in [-0.25, -0.2) is 23.2 Å². The van der Waals surface area contributed by atoms with Crippen LogP contribution in [-0.2, 0) is 16.6 Å². The molecule has 0 saturated carbocycles. The first-order valence-corrected chi connectivity index (χ1v) is 9.27. The summed E-state index contributed by atoms with van der Waals surface area (Å²) in [6, 6.07) is 7.25. The first kappa shape index (κ1) is 16.6. The summed E-state index contributed by atoms with van der Waals surface area (Å²) in [4.78, 5) is 18.3. The Labute approximate surface area is 140 Å². The molecule has 128 valence electrons. The van der Waals surface area contributed by atoms with Crippen LogP contribution in [0.2, 0.25) is 0 Å². The lowest BCUT2D eigenvalue weighted by atomic mass is 10.0. The molecule has 1 fully saturated rings. The second-order valence-electron chi connectivity index (χ2n) is 5.85. The van der Waals surface area contributed by atoms with E-state index in [-0.39, 0.29) is 12.5 Å². The molecule has 1 aromatic heterocycles. The molecule has 3 rings (SSSR count). The first-order chi connectivity index (χ1) is 11.4. The molecule has 8 nitrogen and oxygen atoms in total. The highest BCUT2D eigenvalue weighted by atomic mass is 32.2. The van der Waals surface area contributed by atoms with Crippen LogP contribution in [0.5, 0.6) is 0 Å². The van der Waals surface area contributed by atoms with E-state index in [0.717, 1.165) is 5.56 Å². The topological polar surface area (TPSA) is 111 Å². The molecule has 0 radical (unpaired) electrons. The fraction of sp³-hybridized carbons (Fsp3) is 0.400. The van der Waals surface area contributed by atoms with E-state index in [1.54, 1.807) is 28.0 Å². The number of aromatic nitrogens is 3. The number of benzene rings is 1. The normalized spacial score (nSPS) is 18.5. The second-order valence-corrected chi connectivity index (χ2v) is 7.70. The molecule has 0 bridgehead atoms. The van der Waals surface area contributed by atoms with E-state index in [1.807, 2.05) is 12.1 Å². The number of piperidine rings is 1. The number of amides is 1. The van der Waals surface area contributed by atoms with E-state index in [0.29, 0.717) is 31.5 Å². The number of nitrogens with two attached hydrogens (primary N) is 1. The van der Waals surface area contributed by atoms with Crippen molar-refractivity contribution in [3.8, 4) is 0 Å². The Bertz CT molecular complexity index is 819. The van der Waals surface area contributed by atoms with Gasteiger partial charge in [-0.15, -0.1) is 0 Å². The average molecular weight is 349 g/mol. The molecular weight excluding hydrogens is 330 g/mol. The Balaban J connectivity index is 1.82. The zero-order chi connectivity index (χ0) is 17.2. The molecule has 1 aliphatic heterocycles. The van der Waals surface area contributed by atoms with Gasteiger partial charge in [-0.05, 0) is 24.5 Å². The average Bonchev–Trinajstić information content (AvgIpc) is 3.07. The molecule has 2 N–H and O–H groups in total. The number of carbonyl (C=O) groups is 1. The monoisotopic (exact) mass is 349 g/mol. The number of carbonyl (C=O) groups excluding carboxylic acids is 1. The fourth-order valence-corrected chi connectivity index (χ4v) is 3.80. The molecular formula is C15H19N5O3S. The lowest BCUT2D eigenvalue weighted by molar-refractivity contribution is 0.0725. The summed E-state index contributed by atoms with van der Waals surface area (Å²) in [5, 5.41) is 8.60. The smallest absolute Gasteiger partial charge is 0.254 e. The second kappa shape index (κ2) is 6.70. The van der Waals surface area contributed by atoms with Crippen LogP contribution in [0.15, 0.2) is 36.9 Å². The van der Waals surface area contributed by atoms with Crippen molar-refractivity contribution in [2.45, 2.75) is 24.6 Å². The van der Waals surface area contributed by atoms with Gasteiger partial charge in [-0.1, -0.05) is 18.2 Å². The number of likely N-dealkylation sites (tertiary alicyclic amines) is 1. The molecule has 24 heavy (non-hydrogen) atoms. The molecule has 1 aromatic carbocycles. The minimum atomic E-state index is -3.64. The maximum absolute atomic E-state index is 12.9. The summed E-state index contributed by atoms with van der Waals surface area (Å²) >= 11 is 0. The van der Waals surface area contributed by atoms with Crippen LogP contribution in [0.25, 0.3) is 0 Å². The molecule has 1 aliphatic rings. The summed E-state index contributed by atoms with van der Waals surface area (Å²) < 4.78 is 24.8. The van der Waals surface area contributed by atoms with Gasteiger partial charge in [0.1, 0.15) is 12.7 Å². The number of hydrogen-bond donors (Lipinski definition) is 1. The molecule has 1 unspecified atom stereocenters. The highest BCUT2D eigenvalue weighted by Gasteiger charge is 2.31. The van der Waals surface area contributed by atoms with Gasteiger partial charge in [0.2, 0.25) is 10.0 Å². The zero-order valence-corrected chi connectivity index (χ0v) is 13.9. The summed E-state index contributed by atoms with van der Waals surface area (Å²) in [5.74, 6) is -0.181. The van der Waals surface area contributed by atoms with Crippen molar-refractivity contribution in [3.05, 3.63) is 48.0 Å². The predicted molar refractivity (Wildman–Crippen MR) is 87.6 cm³/mol. The summed E-state index contributed by atoms with van der Waals surface area (Å²) in [7, 11) is -3.64. The van der Waals surface area contributed by atoms with Crippen LogP contribution < -0.4 is 5.14 Å².